The fraction of sp³-hybridized carbons (Fsp3) is 0.0833. The lowest BCUT2D eigenvalue weighted by atomic mass is 10.1. The first kappa shape index (κ1) is 11.6. The molecule has 0 aliphatic rings. The second-order valence-electron chi connectivity index (χ2n) is 3.38. The Morgan fingerprint density at radius 3 is 2.59 bits per heavy atom. The van der Waals surface area contributed by atoms with Gasteiger partial charge >= 0.3 is 0 Å². The zero-order chi connectivity index (χ0) is 12.3. The van der Waals surface area contributed by atoms with Crippen molar-refractivity contribution in [2.45, 2.75) is 6.54 Å². The summed E-state index contributed by atoms with van der Waals surface area (Å²) in [5.41, 5.74) is 1.31. The van der Waals surface area contributed by atoms with Gasteiger partial charge in [0.2, 0.25) is 0 Å². The van der Waals surface area contributed by atoms with Gasteiger partial charge in [-0.15, -0.1) is 0 Å². The van der Waals surface area contributed by atoms with Gasteiger partial charge in [0.25, 0.3) is 5.56 Å². The van der Waals surface area contributed by atoms with Gasteiger partial charge in [-0.1, -0.05) is 28.1 Å². The van der Waals surface area contributed by atoms with E-state index in [9.17, 15) is 4.79 Å². The number of hydrogen-bond donors (Lipinski definition) is 0. The summed E-state index contributed by atoms with van der Waals surface area (Å²) >= 11 is 3.35. The minimum Gasteiger partial charge on any atom is -0.268 e. The summed E-state index contributed by atoms with van der Waals surface area (Å²) in [6.07, 6.45) is 0. The van der Waals surface area contributed by atoms with E-state index in [0.717, 1.165) is 14.7 Å². The van der Waals surface area contributed by atoms with E-state index in [0.29, 0.717) is 5.69 Å². The van der Waals surface area contributed by atoms with Crippen molar-refractivity contribution < 1.29 is 0 Å². The topological polar surface area (TPSA) is 58.7 Å². The summed E-state index contributed by atoms with van der Waals surface area (Å²) in [7, 11) is 0. The molecule has 17 heavy (non-hydrogen) atoms. The van der Waals surface area contributed by atoms with E-state index < -0.39 is 0 Å². The highest BCUT2D eigenvalue weighted by Gasteiger charge is 2.02. The SMILES string of the molecule is N#CCn1nc(-c2ccc(Br)cc2)ccc1=O. The maximum Gasteiger partial charge on any atom is 0.267 e. The number of aromatic nitrogens is 2. The van der Waals surface area contributed by atoms with E-state index >= 15 is 0 Å². The van der Waals surface area contributed by atoms with Gasteiger partial charge in [0, 0.05) is 16.1 Å². The Balaban J connectivity index is 2.47. The van der Waals surface area contributed by atoms with Crippen LogP contribution in [0.15, 0.2) is 45.7 Å². The molecule has 1 aromatic heterocycles. The molecule has 2 rings (SSSR count). The molecule has 0 unspecified atom stereocenters. The molecule has 1 aromatic carbocycles. The number of nitrogens with zero attached hydrogens (tertiary/aromatic N) is 3. The van der Waals surface area contributed by atoms with E-state index in [2.05, 4.69) is 21.0 Å². The van der Waals surface area contributed by atoms with Crippen LogP contribution in [0.2, 0.25) is 0 Å². The molecule has 0 saturated heterocycles. The van der Waals surface area contributed by atoms with Crippen LogP contribution in [0.3, 0.4) is 0 Å². The van der Waals surface area contributed by atoms with E-state index in [1.807, 2.05) is 30.3 Å². The highest BCUT2D eigenvalue weighted by atomic mass is 79.9. The van der Waals surface area contributed by atoms with Gasteiger partial charge in [0.15, 0.2) is 0 Å². The predicted octanol–water partition coefficient (Wildman–Crippen LogP) is 2.20. The Kier molecular flexibility index (Phi) is 3.35. The zero-order valence-electron chi connectivity index (χ0n) is 8.80. The lowest BCUT2D eigenvalue weighted by Gasteiger charge is -2.03. The lowest BCUT2D eigenvalue weighted by molar-refractivity contribution is 0.662. The van der Waals surface area contributed by atoms with Crippen molar-refractivity contribution in [1.29, 1.82) is 5.26 Å². The monoisotopic (exact) mass is 289 g/mol. The molecule has 0 spiro atoms. The van der Waals surface area contributed by atoms with Crippen LogP contribution in [0.4, 0.5) is 0 Å². The molecule has 0 amide bonds. The molecule has 0 aliphatic heterocycles. The first-order chi connectivity index (χ1) is 8.20. The van der Waals surface area contributed by atoms with Crippen LogP contribution in [0.5, 0.6) is 0 Å². The fourth-order valence-corrected chi connectivity index (χ4v) is 1.67. The first-order valence-corrected chi connectivity index (χ1v) is 5.71. The van der Waals surface area contributed by atoms with E-state index in [-0.39, 0.29) is 12.1 Å². The normalized spacial score (nSPS) is 9.88. The van der Waals surface area contributed by atoms with Gasteiger partial charge in [-0.25, -0.2) is 4.68 Å². The third-order valence-electron chi connectivity index (χ3n) is 2.23. The van der Waals surface area contributed by atoms with E-state index in [1.54, 1.807) is 6.07 Å². The summed E-state index contributed by atoms with van der Waals surface area (Å²) < 4.78 is 2.13. The van der Waals surface area contributed by atoms with Crippen molar-refractivity contribution in [2.24, 2.45) is 0 Å². The average Bonchev–Trinajstić information content (AvgIpc) is 2.33. The zero-order valence-corrected chi connectivity index (χ0v) is 10.4. The van der Waals surface area contributed by atoms with Crippen molar-refractivity contribution in [3.8, 4) is 17.3 Å². The minimum atomic E-state index is -0.271. The molecular formula is C12H8BrN3O. The van der Waals surface area contributed by atoms with Gasteiger partial charge in [-0.2, -0.15) is 10.4 Å². The molecule has 0 bridgehead atoms. The Labute approximate surface area is 106 Å². The maximum absolute atomic E-state index is 11.4. The highest BCUT2D eigenvalue weighted by Crippen LogP contribution is 2.18. The van der Waals surface area contributed by atoms with Gasteiger partial charge in [0.05, 0.1) is 11.8 Å². The second kappa shape index (κ2) is 4.93. The molecule has 5 heteroatoms. The molecule has 1 heterocycles. The van der Waals surface area contributed by atoms with E-state index in [1.165, 1.54) is 6.07 Å². The molecule has 4 nitrogen and oxygen atoms in total. The van der Waals surface area contributed by atoms with Crippen LogP contribution in [-0.2, 0) is 6.54 Å². The quantitative estimate of drug-likeness (QED) is 0.852. The molecule has 0 atom stereocenters. The van der Waals surface area contributed by atoms with Gasteiger partial charge < -0.3 is 0 Å². The van der Waals surface area contributed by atoms with Crippen LogP contribution < -0.4 is 5.56 Å². The Morgan fingerprint density at radius 2 is 1.94 bits per heavy atom. The number of rotatable bonds is 2. The van der Waals surface area contributed by atoms with Crippen molar-refractivity contribution in [3.05, 3.63) is 51.2 Å². The maximum atomic E-state index is 11.4. The summed E-state index contributed by atoms with van der Waals surface area (Å²) in [6, 6.07) is 12.6. The van der Waals surface area contributed by atoms with E-state index in [4.69, 9.17) is 5.26 Å². The van der Waals surface area contributed by atoms with Crippen LogP contribution >= 0.6 is 15.9 Å². The molecule has 0 aliphatic carbocycles. The van der Waals surface area contributed by atoms with Gasteiger partial charge in [-0.05, 0) is 18.2 Å². The summed E-state index contributed by atoms with van der Waals surface area (Å²) in [6.45, 7) is -0.0385. The third kappa shape index (κ3) is 2.60. The number of nitriles is 1. The van der Waals surface area contributed by atoms with Crippen LogP contribution in [0, 0.1) is 11.3 Å². The standard InChI is InChI=1S/C12H8BrN3O/c13-10-3-1-9(2-4-10)11-5-6-12(17)16(15-11)8-7-14/h1-6H,8H2. The average molecular weight is 290 g/mol. The van der Waals surface area contributed by atoms with Gasteiger partial charge in [0.1, 0.15) is 6.54 Å². The van der Waals surface area contributed by atoms with Crippen molar-refractivity contribution in [2.75, 3.05) is 0 Å². The van der Waals surface area contributed by atoms with Crippen LogP contribution in [0.25, 0.3) is 11.3 Å². The Bertz CT molecular complexity index is 625. The van der Waals surface area contributed by atoms with Crippen molar-refractivity contribution in [1.82, 2.24) is 9.78 Å². The smallest absolute Gasteiger partial charge is 0.267 e. The Hall–Kier alpha value is -1.93. The minimum absolute atomic E-state index is 0.0385. The molecule has 0 fully saturated rings. The third-order valence-corrected chi connectivity index (χ3v) is 2.76. The largest absolute Gasteiger partial charge is 0.268 e. The fourth-order valence-electron chi connectivity index (χ4n) is 1.40. The highest BCUT2D eigenvalue weighted by molar-refractivity contribution is 9.10. The summed E-state index contributed by atoms with van der Waals surface area (Å²) in [5, 5.41) is 12.7. The molecule has 2 aromatic rings. The number of benzene rings is 1. The molecule has 0 saturated carbocycles. The first-order valence-electron chi connectivity index (χ1n) is 4.92. The predicted molar refractivity (Wildman–Crippen MR) is 67.2 cm³/mol. The van der Waals surface area contributed by atoms with Crippen molar-refractivity contribution >= 4 is 15.9 Å². The van der Waals surface area contributed by atoms with Crippen LogP contribution in [-0.4, -0.2) is 9.78 Å². The molecule has 0 radical (unpaired) electrons. The molecule has 0 N–H and O–H groups in total. The molecular weight excluding hydrogens is 282 g/mol. The van der Waals surface area contributed by atoms with Crippen LogP contribution in [0.1, 0.15) is 0 Å². The second-order valence-corrected chi connectivity index (χ2v) is 4.30. The van der Waals surface area contributed by atoms with Gasteiger partial charge in [-0.3, -0.25) is 4.79 Å². The van der Waals surface area contributed by atoms with Crippen molar-refractivity contribution in [3.63, 3.8) is 0 Å². The lowest BCUT2D eigenvalue weighted by Crippen LogP contribution is -2.21. The summed E-state index contributed by atoms with van der Waals surface area (Å²) in [5.74, 6) is 0. The Morgan fingerprint density at radius 1 is 1.24 bits per heavy atom. The summed E-state index contributed by atoms with van der Waals surface area (Å²) in [4.78, 5) is 11.4. The molecule has 84 valence electrons. The number of halogens is 1. The number of hydrogen-bond acceptors (Lipinski definition) is 3.